The van der Waals surface area contributed by atoms with Crippen LogP contribution in [0.3, 0.4) is 0 Å². The molecule has 4 heterocycles. The van der Waals surface area contributed by atoms with Crippen LogP contribution in [0.4, 0.5) is 4.79 Å². The molecule has 9 heteroatoms. The molecule has 2 amide bonds. The maximum absolute atomic E-state index is 13.9. The molecule has 2 aromatic carbocycles. The van der Waals surface area contributed by atoms with Crippen LogP contribution in [-0.4, -0.2) is 57.9 Å². The summed E-state index contributed by atoms with van der Waals surface area (Å²) in [5.41, 5.74) is 2.73. The Morgan fingerprint density at radius 1 is 1.06 bits per heavy atom. The molecular formula is C26H24N4O5. The van der Waals surface area contributed by atoms with Crippen LogP contribution in [0.1, 0.15) is 36.8 Å². The van der Waals surface area contributed by atoms with Crippen LogP contribution in [0.25, 0.3) is 38.1 Å². The number of benzene rings is 2. The Morgan fingerprint density at radius 2 is 1.80 bits per heavy atom. The number of aromatic nitrogens is 3. The SMILES string of the molecule is COc1cc2c3c4c(nc5ccc6cnn(c2cc1OC)c6c53)CCN(C(=O)OC(C)(C)C)C4=O. The van der Waals surface area contributed by atoms with E-state index in [1.165, 1.54) is 4.90 Å². The Bertz CT molecular complexity index is 1680. The number of hydrogen-bond acceptors (Lipinski definition) is 7. The third kappa shape index (κ3) is 3.00. The predicted molar refractivity (Wildman–Crippen MR) is 131 cm³/mol. The molecular weight excluding hydrogens is 448 g/mol. The van der Waals surface area contributed by atoms with Gasteiger partial charge in [-0.1, -0.05) is 0 Å². The number of fused-ring (bicyclic) bond motifs is 5. The van der Waals surface area contributed by atoms with E-state index < -0.39 is 17.6 Å². The molecule has 1 aliphatic heterocycles. The number of rotatable bonds is 2. The fraction of sp³-hybridized carbons (Fsp3) is 0.308. The van der Waals surface area contributed by atoms with Crippen molar-refractivity contribution in [3.05, 3.63) is 41.7 Å². The molecule has 0 bridgehead atoms. The van der Waals surface area contributed by atoms with Crippen molar-refractivity contribution in [2.75, 3.05) is 20.8 Å². The number of nitrogens with zero attached hydrogens (tertiary/aromatic N) is 4. The highest BCUT2D eigenvalue weighted by atomic mass is 16.6. The van der Waals surface area contributed by atoms with Crippen LogP contribution in [0, 0.1) is 0 Å². The Morgan fingerprint density at radius 3 is 2.51 bits per heavy atom. The van der Waals surface area contributed by atoms with E-state index in [9.17, 15) is 9.59 Å². The summed E-state index contributed by atoms with van der Waals surface area (Å²) >= 11 is 0. The molecule has 3 aromatic heterocycles. The van der Waals surface area contributed by atoms with Gasteiger partial charge in [-0.2, -0.15) is 5.10 Å². The summed E-state index contributed by atoms with van der Waals surface area (Å²) in [5, 5.41) is 7.84. The zero-order chi connectivity index (χ0) is 24.6. The summed E-state index contributed by atoms with van der Waals surface area (Å²) in [5.74, 6) is 0.658. The highest BCUT2D eigenvalue weighted by Gasteiger charge is 2.36. The van der Waals surface area contributed by atoms with Gasteiger partial charge >= 0.3 is 6.09 Å². The van der Waals surface area contributed by atoms with Gasteiger partial charge in [-0.3, -0.25) is 9.78 Å². The van der Waals surface area contributed by atoms with Crippen LogP contribution in [0.15, 0.2) is 30.5 Å². The van der Waals surface area contributed by atoms with E-state index in [4.69, 9.17) is 19.2 Å². The quantitative estimate of drug-likeness (QED) is 0.274. The molecule has 178 valence electrons. The molecule has 0 atom stereocenters. The van der Waals surface area contributed by atoms with E-state index in [1.807, 2.05) is 28.8 Å². The van der Waals surface area contributed by atoms with Gasteiger partial charge in [-0.15, -0.1) is 0 Å². The van der Waals surface area contributed by atoms with Gasteiger partial charge in [0.05, 0.1) is 48.2 Å². The highest BCUT2D eigenvalue weighted by Crippen LogP contribution is 2.43. The van der Waals surface area contributed by atoms with Gasteiger partial charge in [0, 0.05) is 40.6 Å². The first kappa shape index (κ1) is 21.4. The zero-order valence-corrected chi connectivity index (χ0v) is 20.1. The van der Waals surface area contributed by atoms with E-state index >= 15 is 0 Å². The molecule has 0 saturated heterocycles. The van der Waals surface area contributed by atoms with Crippen molar-refractivity contribution in [2.24, 2.45) is 0 Å². The average molecular weight is 473 g/mol. The van der Waals surface area contributed by atoms with E-state index in [-0.39, 0.29) is 6.54 Å². The summed E-state index contributed by atoms with van der Waals surface area (Å²) in [6, 6.07) is 7.64. The molecule has 0 N–H and O–H groups in total. The van der Waals surface area contributed by atoms with Crippen LogP contribution in [0.5, 0.6) is 11.5 Å². The number of methoxy groups -OCH3 is 2. The monoisotopic (exact) mass is 472 g/mol. The number of pyridine rings is 2. The number of hydrogen-bond donors (Lipinski definition) is 0. The number of carbonyl (C=O) groups is 2. The average Bonchev–Trinajstić information content (AvgIpc) is 3.26. The lowest BCUT2D eigenvalue weighted by Crippen LogP contribution is -2.45. The van der Waals surface area contributed by atoms with Crippen LogP contribution in [-0.2, 0) is 11.2 Å². The Hall–Kier alpha value is -4.14. The van der Waals surface area contributed by atoms with Gasteiger partial charge in [-0.05, 0) is 39.0 Å². The fourth-order valence-electron chi connectivity index (χ4n) is 4.97. The molecule has 6 rings (SSSR count). The predicted octanol–water partition coefficient (Wildman–Crippen LogP) is 4.58. The molecule has 1 aliphatic rings. The Kier molecular flexibility index (Phi) is 4.39. The van der Waals surface area contributed by atoms with E-state index in [0.717, 1.165) is 38.1 Å². The smallest absolute Gasteiger partial charge is 0.417 e. The summed E-state index contributed by atoms with van der Waals surface area (Å²) in [6.07, 6.45) is 1.56. The third-order valence-electron chi connectivity index (χ3n) is 6.40. The van der Waals surface area contributed by atoms with Gasteiger partial charge in [-0.25, -0.2) is 14.2 Å². The topological polar surface area (TPSA) is 95.3 Å². The minimum Gasteiger partial charge on any atom is -0.493 e. The number of ether oxygens (including phenoxy) is 3. The lowest BCUT2D eigenvalue weighted by Gasteiger charge is -2.30. The van der Waals surface area contributed by atoms with Crippen molar-refractivity contribution in [1.29, 1.82) is 0 Å². The molecule has 0 radical (unpaired) electrons. The molecule has 35 heavy (non-hydrogen) atoms. The normalized spacial score (nSPS) is 14.3. The molecule has 0 aliphatic carbocycles. The third-order valence-corrected chi connectivity index (χ3v) is 6.40. The van der Waals surface area contributed by atoms with Crippen molar-refractivity contribution in [2.45, 2.75) is 32.8 Å². The first-order valence-corrected chi connectivity index (χ1v) is 11.4. The van der Waals surface area contributed by atoms with Gasteiger partial charge in [0.2, 0.25) is 0 Å². The van der Waals surface area contributed by atoms with E-state index in [1.54, 1.807) is 41.2 Å². The van der Waals surface area contributed by atoms with Gasteiger partial charge in [0.1, 0.15) is 5.60 Å². The van der Waals surface area contributed by atoms with Gasteiger partial charge in [0.25, 0.3) is 5.91 Å². The maximum atomic E-state index is 13.9. The van der Waals surface area contributed by atoms with Crippen LogP contribution >= 0.6 is 0 Å². The lowest BCUT2D eigenvalue weighted by molar-refractivity contribution is 0.0233. The maximum Gasteiger partial charge on any atom is 0.417 e. The number of carbonyl (C=O) groups excluding carboxylic acids is 2. The van der Waals surface area contributed by atoms with Crippen LogP contribution in [0.2, 0.25) is 0 Å². The van der Waals surface area contributed by atoms with Gasteiger partial charge in [0.15, 0.2) is 11.5 Å². The lowest BCUT2D eigenvalue weighted by atomic mass is 9.93. The zero-order valence-electron chi connectivity index (χ0n) is 20.1. The first-order valence-electron chi connectivity index (χ1n) is 11.4. The molecule has 0 fully saturated rings. The first-order chi connectivity index (χ1) is 16.7. The molecule has 9 nitrogen and oxygen atoms in total. The molecule has 0 spiro atoms. The van der Waals surface area contributed by atoms with Crippen molar-refractivity contribution in [3.8, 4) is 11.5 Å². The molecule has 0 saturated carbocycles. The minimum atomic E-state index is -0.720. The number of amides is 2. The van der Waals surface area contributed by atoms with E-state index in [0.29, 0.717) is 29.2 Å². The molecule has 0 unspecified atom stereocenters. The van der Waals surface area contributed by atoms with Crippen LogP contribution < -0.4 is 9.47 Å². The second-order valence-electron chi connectivity index (χ2n) is 9.67. The van der Waals surface area contributed by atoms with Crippen molar-refractivity contribution in [1.82, 2.24) is 19.5 Å². The van der Waals surface area contributed by atoms with Crippen molar-refractivity contribution in [3.63, 3.8) is 0 Å². The van der Waals surface area contributed by atoms with Gasteiger partial charge < -0.3 is 14.2 Å². The highest BCUT2D eigenvalue weighted by molar-refractivity contribution is 6.28. The fourth-order valence-corrected chi connectivity index (χ4v) is 4.97. The second kappa shape index (κ2) is 7.18. The number of imide groups is 1. The minimum absolute atomic E-state index is 0.206. The summed E-state index contributed by atoms with van der Waals surface area (Å²) in [4.78, 5) is 32.8. The summed E-state index contributed by atoms with van der Waals surface area (Å²) < 4.78 is 18.5. The van der Waals surface area contributed by atoms with E-state index in [2.05, 4.69) is 5.10 Å². The molecule has 5 aromatic rings. The summed E-state index contributed by atoms with van der Waals surface area (Å²) in [6.45, 7) is 5.54. The Labute approximate surface area is 200 Å². The van der Waals surface area contributed by atoms with Crippen molar-refractivity contribution >= 4 is 50.1 Å². The summed E-state index contributed by atoms with van der Waals surface area (Å²) in [7, 11) is 3.15. The van der Waals surface area contributed by atoms with Crippen molar-refractivity contribution < 1.29 is 23.8 Å². The second-order valence-corrected chi connectivity index (χ2v) is 9.67. The standard InChI is InChI=1S/C26H24N4O5/c1-26(2,3)35-25(32)29-9-8-16-22(24(29)31)20-14-10-18(33-4)19(34-5)11-17(14)30-23-13(12-27-30)6-7-15(28-16)21(20)23/h6-7,10-12H,8-9H2,1-5H3. The largest absolute Gasteiger partial charge is 0.493 e. The Balaban J connectivity index is 1.73.